The highest BCUT2D eigenvalue weighted by molar-refractivity contribution is 5.95. The number of likely N-dealkylation sites (tertiary alicyclic amines) is 1. The number of morpholine rings is 1. The van der Waals surface area contributed by atoms with Crippen LogP contribution < -0.4 is 9.64 Å². The van der Waals surface area contributed by atoms with E-state index in [1.54, 1.807) is 13.3 Å². The maximum atomic E-state index is 12.4. The number of ether oxygens (including phenoxy) is 2. The minimum atomic E-state index is -0.243. The highest BCUT2D eigenvalue weighted by atomic mass is 16.5. The largest absolute Gasteiger partial charge is 0.495 e. The molecule has 0 atom stereocenters. The zero-order valence-electron chi connectivity index (χ0n) is 15.6. The average Bonchev–Trinajstić information content (AvgIpc) is 2.73. The van der Waals surface area contributed by atoms with Crippen molar-refractivity contribution >= 4 is 11.6 Å². The first-order valence-corrected chi connectivity index (χ1v) is 9.37. The Morgan fingerprint density at radius 1 is 1.19 bits per heavy atom. The molecule has 6 nitrogen and oxygen atoms in total. The molecule has 4 rings (SSSR count). The van der Waals surface area contributed by atoms with Gasteiger partial charge in [-0.15, -0.1) is 0 Å². The number of benzene rings is 1. The summed E-state index contributed by atoms with van der Waals surface area (Å²) in [6.07, 6.45) is 5.45. The van der Waals surface area contributed by atoms with Crippen LogP contribution in [0, 0.1) is 0 Å². The van der Waals surface area contributed by atoms with Gasteiger partial charge in [0.05, 0.1) is 25.5 Å². The molecule has 0 radical (unpaired) electrons. The molecule has 6 heteroatoms. The molecule has 0 bridgehead atoms. The van der Waals surface area contributed by atoms with Gasteiger partial charge in [-0.2, -0.15) is 0 Å². The third-order valence-corrected chi connectivity index (χ3v) is 5.50. The van der Waals surface area contributed by atoms with Crippen LogP contribution in [-0.2, 0) is 16.1 Å². The van der Waals surface area contributed by atoms with Crippen LogP contribution >= 0.6 is 0 Å². The van der Waals surface area contributed by atoms with Crippen molar-refractivity contribution in [2.45, 2.75) is 25.0 Å². The van der Waals surface area contributed by atoms with Crippen molar-refractivity contribution in [3.05, 3.63) is 54.4 Å². The van der Waals surface area contributed by atoms with Gasteiger partial charge < -0.3 is 14.4 Å². The summed E-state index contributed by atoms with van der Waals surface area (Å²) in [7, 11) is 1.66. The van der Waals surface area contributed by atoms with Gasteiger partial charge in [0.1, 0.15) is 12.4 Å². The Kier molecular flexibility index (Phi) is 5.09. The molecular formula is C21H25N3O3. The lowest BCUT2D eigenvalue weighted by molar-refractivity contribution is -0.144. The van der Waals surface area contributed by atoms with E-state index in [4.69, 9.17) is 9.47 Å². The van der Waals surface area contributed by atoms with Crippen LogP contribution in [0.15, 0.2) is 48.8 Å². The van der Waals surface area contributed by atoms with Crippen molar-refractivity contribution in [3.8, 4) is 5.75 Å². The summed E-state index contributed by atoms with van der Waals surface area (Å²) in [6.45, 7) is 3.52. The van der Waals surface area contributed by atoms with Crippen LogP contribution in [0.25, 0.3) is 0 Å². The SMILES string of the molecule is COc1cncc(CN2CCC3(CC2)CN(c2ccccc2)C(=O)CO3)c1. The predicted octanol–water partition coefficient (Wildman–Crippen LogP) is 2.49. The summed E-state index contributed by atoms with van der Waals surface area (Å²) < 4.78 is 11.3. The lowest BCUT2D eigenvalue weighted by Gasteiger charge is -2.47. The van der Waals surface area contributed by atoms with Gasteiger partial charge in [-0.25, -0.2) is 0 Å². The number of carbonyl (C=O) groups excluding carboxylic acids is 1. The third kappa shape index (κ3) is 3.96. The molecule has 2 aromatic rings. The zero-order chi connectivity index (χ0) is 18.7. The molecule has 2 aliphatic heterocycles. The summed E-state index contributed by atoms with van der Waals surface area (Å²) in [6, 6.07) is 11.9. The smallest absolute Gasteiger partial charge is 0.253 e. The Morgan fingerprint density at radius 3 is 2.70 bits per heavy atom. The first kappa shape index (κ1) is 17.9. The number of piperidine rings is 1. The minimum absolute atomic E-state index is 0.0386. The molecule has 0 N–H and O–H groups in total. The fraction of sp³-hybridized carbons (Fsp3) is 0.429. The van der Waals surface area contributed by atoms with E-state index in [1.165, 1.54) is 0 Å². The van der Waals surface area contributed by atoms with E-state index in [0.717, 1.165) is 49.5 Å². The number of hydrogen-bond acceptors (Lipinski definition) is 5. The van der Waals surface area contributed by atoms with Gasteiger partial charge >= 0.3 is 0 Å². The third-order valence-electron chi connectivity index (χ3n) is 5.50. The summed E-state index contributed by atoms with van der Waals surface area (Å²) in [4.78, 5) is 20.9. The Labute approximate surface area is 159 Å². The summed E-state index contributed by atoms with van der Waals surface area (Å²) >= 11 is 0. The topological polar surface area (TPSA) is 54.9 Å². The lowest BCUT2D eigenvalue weighted by atomic mass is 9.89. The summed E-state index contributed by atoms with van der Waals surface area (Å²) in [5.41, 5.74) is 1.86. The highest BCUT2D eigenvalue weighted by Gasteiger charge is 2.42. The molecule has 27 heavy (non-hydrogen) atoms. The first-order valence-electron chi connectivity index (χ1n) is 9.37. The maximum Gasteiger partial charge on any atom is 0.253 e. The quantitative estimate of drug-likeness (QED) is 0.831. The maximum absolute atomic E-state index is 12.4. The van der Waals surface area contributed by atoms with Crippen LogP contribution in [0.4, 0.5) is 5.69 Å². The van der Waals surface area contributed by atoms with Gasteiger partial charge in [-0.3, -0.25) is 14.7 Å². The second kappa shape index (κ2) is 7.66. The van der Waals surface area contributed by atoms with Crippen molar-refractivity contribution in [1.29, 1.82) is 0 Å². The molecule has 1 amide bonds. The minimum Gasteiger partial charge on any atom is -0.495 e. The van der Waals surface area contributed by atoms with E-state index >= 15 is 0 Å². The molecule has 0 saturated carbocycles. The van der Waals surface area contributed by atoms with Gasteiger partial charge in [0.25, 0.3) is 5.91 Å². The second-order valence-corrected chi connectivity index (χ2v) is 7.30. The van der Waals surface area contributed by atoms with Gasteiger partial charge in [0.15, 0.2) is 0 Å². The number of amides is 1. The molecule has 0 aliphatic carbocycles. The molecule has 3 heterocycles. The predicted molar refractivity (Wildman–Crippen MR) is 103 cm³/mol. The number of para-hydroxylation sites is 1. The Hall–Kier alpha value is -2.44. The van der Waals surface area contributed by atoms with Gasteiger partial charge in [-0.1, -0.05) is 18.2 Å². The van der Waals surface area contributed by atoms with Crippen molar-refractivity contribution in [2.75, 3.05) is 38.3 Å². The number of nitrogens with zero attached hydrogens (tertiary/aromatic N) is 3. The first-order chi connectivity index (χ1) is 13.2. The summed E-state index contributed by atoms with van der Waals surface area (Å²) in [5, 5.41) is 0. The molecule has 1 aromatic heterocycles. The number of methoxy groups -OCH3 is 1. The Balaban J connectivity index is 1.39. The van der Waals surface area contributed by atoms with Gasteiger partial charge in [0.2, 0.25) is 0 Å². The van der Waals surface area contributed by atoms with E-state index in [0.29, 0.717) is 6.54 Å². The van der Waals surface area contributed by atoms with Crippen LogP contribution in [0.1, 0.15) is 18.4 Å². The number of anilines is 1. The van der Waals surface area contributed by atoms with E-state index in [1.807, 2.05) is 47.5 Å². The van der Waals surface area contributed by atoms with E-state index in [9.17, 15) is 4.79 Å². The van der Waals surface area contributed by atoms with E-state index < -0.39 is 0 Å². The number of aromatic nitrogens is 1. The molecule has 2 aliphatic rings. The van der Waals surface area contributed by atoms with Crippen LogP contribution in [0.3, 0.4) is 0 Å². The highest BCUT2D eigenvalue weighted by Crippen LogP contribution is 2.33. The fourth-order valence-corrected chi connectivity index (χ4v) is 3.90. The van der Waals surface area contributed by atoms with Gasteiger partial charge in [0, 0.05) is 31.5 Å². The van der Waals surface area contributed by atoms with Crippen LogP contribution in [0.2, 0.25) is 0 Å². The average molecular weight is 367 g/mol. The van der Waals surface area contributed by atoms with Crippen molar-refractivity contribution in [3.63, 3.8) is 0 Å². The molecule has 2 fully saturated rings. The summed E-state index contributed by atoms with van der Waals surface area (Å²) in [5.74, 6) is 0.824. The molecule has 1 spiro atoms. The van der Waals surface area contributed by atoms with Crippen molar-refractivity contribution < 1.29 is 14.3 Å². The van der Waals surface area contributed by atoms with E-state index in [2.05, 4.69) is 9.88 Å². The molecular weight excluding hydrogens is 342 g/mol. The van der Waals surface area contributed by atoms with Crippen LogP contribution in [-0.4, -0.2) is 54.7 Å². The monoisotopic (exact) mass is 367 g/mol. The van der Waals surface area contributed by atoms with Crippen molar-refractivity contribution in [1.82, 2.24) is 9.88 Å². The Bertz CT molecular complexity index is 788. The number of rotatable bonds is 4. The number of hydrogen-bond donors (Lipinski definition) is 0. The number of carbonyl (C=O) groups is 1. The standard InChI is InChI=1S/C21H25N3O3/c1-26-19-11-17(12-22-13-19)14-23-9-7-21(8-10-23)16-24(20(25)15-27-21)18-5-3-2-4-6-18/h2-6,11-13H,7-10,14-16H2,1H3. The normalized spacial score (nSPS) is 20.0. The van der Waals surface area contributed by atoms with Crippen molar-refractivity contribution in [2.24, 2.45) is 0 Å². The van der Waals surface area contributed by atoms with Crippen LogP contribution in [0.5, 0.6) is 5.75 Å². The zero-order valence-corrected chi connectivity index (χ0v) is 15.6. The molecule has 142 valence electrons. The van der Waals surface area contributed by atoms with Gasteiger partial charge in [-0.05, 0) is 36.6 Å². The molecule has 1 aromatic carbocycles. The molecule has 0 unspecified atom stereocenters. The Morgan fingerprint density at radius 2 is 1.96 bits per heavy atom. The second-order valence-electron chi connectivity index (χ2n) is 7.30. The fourth-order valence-electron chi connectivity index (χ4n) is 3.90. The van der Waals surface area contributed by atoms with E-state index in [-0.39, 0.29) is 18.1 Å². The number of pyridine rings is 1. The molecule has 2 saturated heterocycles. The lowest BCUT2D eigenvalue weighted by Crippen LogP contribution is -2.58.